The van der Waals surface area contributed by atoms with Crippen LogP contribution >= 0.6 is 11.8 Å². The van der Waals surface area contributed by atoms with E-state index in [-0.39, 0.29) is 11.7 Å². The van der Waals surface area contributed by atoms with Crippen LogP contribution in [0.1, 0.15) is 31.2 Å². The summed E-state index contributed by atoms with van der Waals surface area (Å²) in [6.45, 7) is 3.36. The van der Waals surface area contributed by atoms with Gasteiger partial charge in [0, 0.05) is 12.2 Å². The second-order valence-electron chi connectivity index (χ2n) is 7.81. The molecule has 2 aromatic carbocycles. The molecule has 2 aromatic heterocycles. The number of hydrogen-bond donors (Lipinski definition) is 0. The van der Waals surface area contributed by atoms with Crippen molar-refractivity contribution in [3.05, 3.63) is 70.3 Å². The van der Waals surface area contributed by atoms with E-state index in [1.165, 1.54) is 17.3 Å². The van der Waals surface area contributed by atoms with Crippen LogP contribution in [0.5, 0.6) is 0 Å². The van der Waals surface area contributed by atoms with Gasteiger partial charge in [-0.1, -0.05) is 60.2 Å². The summed E-state index contributed by atoms with van der Waals surface area (Å²) in [5, 5.41) is 5.37. The number of hydrogen-bond acceptors (Lipinski definition) is 7. The van der Waals surface area contributed by atoms with Crippen molar-refractivity contribution in [2.75, 3.05) is 6.61 Å². The van der Waals surface area contributed by atoms with Gasteiger partial charge in [0.05, 0.1) is 29.3 Å². The van der Waals surface area contributed by atoms with Gasteiger partial charge in [-0.25, -0.2) is 4.98 Å². The normalized spacial score (nSPS) is 16.1. The summed E-state index contributed by atoms with van der Waals surface area (Å²) in [7, 11) is 0. The number of aromatic nitrogens is 4. The van der Waals surface area contributed by atoms with E-state index in [1.54, 1.807) is 4.57 Å². The molecule has 1 aliphatic heterocycles. The zero-order chi connectivity index (χ0) is 21.9. The number of thioether (sulfide) groups is 1. The molecule has 0 bridgehead atoms. The molecule has 8 heteroatoms. The van der Waals surface area contributed by atoms with Crippen LogP contribution in [0.3, 0.4) is 0 Å². The summed E-state index contributed by atoms with van der Waals surface area (Å²) in [5.41, 5.74) is 2.82. The maximum Gasteiger partial charge on any atom is 0.262 e. The van der Waals surface area contributed by atoms with E-state index in [1.807, 2.05) is 36.4 Å². The minimum Gasteiger partial charge on any atom is -0.376 e. The lowest BCUT2D eigenvalue weighted by molar-refractivity contribution is 0.0937. The number of fused-ring (bicyclic) bond motifs is 1. The maximum atomic E-state index is 13.2. The van der Waals surface area contributed by atoms with Crippen LogP contribution in [0.15, 0.2) is 63.0 Å². The fourth-order valence-corrected chi connectivity index (χ4v) is 4.70. The number of benzene rings is 2. The average Bonchev–Trinajstić information content (AvgIpc) is 3.52. The highest BCUT2D eigenvalue weighted by molar-refractivity contribution is 7.98. The second-order valence-corrected chi connectivity index (χ2v) is 8.76. The van der Waals surface area contributed by atoms with Crippen LogP contribution in [0.2, 0.25) is 0 Å². The molecular formula is C24H24N4O3S. The molecule has 0 aliphatic carbocycles. The lowest BCUT2D eigenvalue weighted by atomic mass is 10.1. The Morgan fingerprint density at radius 2 is 1.97 bits per heavy atom. The van der Waals surface area contributed by atoms with Gasteiger partial charge in [0.25, 0.3) is 5.56 Å². The van der Waals surface area contributed by atoms with Crippen LogP contribution in [-0.2, 0) is 23.5 Å². The molecule has 1 fully saturated rings. The zero-order valence-electron chi connectivity index (χ0n) is 17.9. The molecule has 1 aliphatic rings. The minimum absolute atomic E-state index is 0.0381. The van der Waals surface area contributed by atoms with Crippen molar-refractivity contribution in [1.82, 2.24) is 19.7 Å². The molecule has 32 heavy (non-hydrogen) atoms. The van der Waals surface area contributed by atoms with Gasteiger partial charge in [-0.05, 0) is 37.0 Å². The smallest absolute Gasteiger partial charge is 0.262 e. The average molecular weight is 449 g/mol. The number of nitrogens with zero attached hydrogens (tertiary/aromatic N) is 4. The molecule has 0 N–H and O–H groups in total. The molecular weight excluding hydrogens is 424 g/mol. The van der Waals surface area contributed by atoms with Gasteiger partial charge in [-0.3, -0.25) is 9.36 Å². The third kappa shape index (κ3) is 4.33. The van der Waals surface area contributed by atoms with E-state index >= 15 is 0 Å². The van der Waals surface area contributed by atoms with E-state index in [4.69, 9.17) is 14.2 Å². The van der Waals surface area contributed by atoms with Crippen LogP contribution in [-0.4, -0.2) is 32.4 Å². The van der Waals surface area contributed by atoms with E-state index in [2.05, 4.69) is 29.2 Å². The Labute approximate surface area is 189 Å². The molecule has 7 nitrogen and oxygen atoms in total. The second kappa shape index (κ2) is 9.26. The van der Waals surface area contributed by atoms with Gasteiger partial charge in [0.15, 0.2) is 5.16 Å². The number of rotatable bonds is 7. The standard InChI is InChI=1S/C24H24N4O3S/c1-2-16-9-11-17(12-10-16)22-26-21(31-27-22)15-32-24-25-20-8-4-3-7-19(20)23(29)28(24)14-18-6-5-13-30-18/h3-4,7-12,18H,2,5-6,13-15H2,1H3/t18-/m1/s1. The predicted molar refractivity (Wildman–Crippen MR) is 124 cm³/mol. The van der Waals surface area contributed by atoms with Crippen LogP contribution in [0.25, 0.3) is 22.3 Å². The molecule has 0 spiro atoms. The van der Waals surface area contributed by atoms with Gasteiger partial charge >= 0.3 is 0 Å². The molecule has 3 heterocycles. The molecule has 0 radical (unpaired) electrons. The van der Waals surface area contributed by atoms with Crippen molar-refractivity contribution in [2.24, 2.45) is 0 Å². The molecule has 0 saturated carbocycles. The van der Waals surface area contributed by atoms with Crippen molar-refractivity contribution in [1.29, 1.82) is 0 Å². The summed E-state index contributed by atoms with van der Waals surface area (Å²) >= 11 is 1.43. The highest BCUT2D eigenvalue weighted by Gasteiger charge is 2.21. The van der Waals surface area contributed by atoms with Crippen LogP contribution < -0.4 is 5.56 Å². The summed E-state index contributed by atoms with van der Waals surface area (Å²) in [5.74, 6) is 1.48. The van der Waals surface area contributed by atoms with E-state index < -0.39 is 0 Å². The highest BCUT2D eigenvalue weighted by Crippen LogP contribution is 2.25. The van der Waals surface area contributed by atoms with E-state index in [0.717, 1.165) is 31.4 Å². The highest BCUT2D eigenvalue weighted by atomic mass is 32.2. The molecule has 1 atom stereocenters. The van der Waals surface area contributed by atoms with Crippen molar-refractivity contribution in [2.45, 2.75) is 49.7 Å². The van der Waals surface area contributed by atoms with Gasteiger partial charge in [0.2, 0.25) is 11.7 Å². The first-order valence-electron chi connectivity index (χ1n) is 10.9. The van der Waals surface area contributed by atoms with E-state index in [9.17, 15) is 4.79 Å². The first kappa shape index (κ1) is 20.9. The van der Waals surface area contributed by atoms with E-state index in [0.29, 0.717) is 40.1 Å². The quantitative estimate of drug-likeness (QED) is 0.304. The van der Waals surface area contributed by atoms with Gasteiger partial charge < -0.3 is 9.26 Å². The topological polar surface area (TPSA) is 83.0 Å². The summed E-state index contributed by atoms with van der Waals surface area (Å²) in [6.07, 6.45) is 3.00. The Balaban J connectivity index is 1.39. The predicted octanol–water partition coefficient (Wildman–Crippen LogP) is 4.48. The molecule has 0 unspecified atom stereocenters. The lowest BCUT2D eigenvalue weighted by Gasteiger charge is -2.16. The lowest BCUT2D eigenvalue weighted by Crippen LogP contribution is -2.28. The molecule has 0 amide bonds. The van der Waals surface area contributed by atoms with Gasteiger partial charge in [-0.15, -0.1) is 0 Å². The Bertz CT molecular complexity index is 1280. The monoisotopic (exact) mass is 448 g/mol. The number of ether oxygens (including phenoxy) is 1. The van der Waals surface area contributed by atoms with Gasteiger partial charge in [-0.2, -0.15) is 4.98 Å². The first-order chi connectivity index (χ1) is 15.7. The molecule has 1 saturated heterocycles. The Morgan fingerprint density at radius 1 is 1.12 bits per heavy atom. The fourth-order valence-electron chi connectivity index (χ4n) is 3.86. The number of aryl methyl sites for hydroxylation is 1. The summed E-state index contributed by atoms with van der Waals surface area (Å²) in [4.78, 5) is 22.5. The largest absolute Gasteiger partial charge is 0.376 e. The molecule has 4 aromatic rings. The molecule has 164 valence electrons. The third-order valence-corrected chi connectivity index (χ3v) is 6.61. The van der Waals surface area contributed by atoms with Crippen molar-refractivity contribution in [3.8, 4) is 11.4 Å². The minimum atomic E-state index is -0.0455. The summed E-state index contributed by atoms with van der Waals surface area (Å²) in [6, 6.07) is 15.6. The number of para-hydroxylation sites is 1. The van der Waals surface area contributed by atoms with Crippen LogP contribution in [0.4, 0.5) is 0 Å². The van der Waals surface area contributed by atoms with Gasteiger partial charge in [0.1, 0.15) is 0 Å². The van der Waals surface area contributed by atoms with Crippen molar-refractivity contribution < 1.29 is 9.26 Å². The Morgan fingerprint density at radius 3 is 2.75 bits per heavy atom. The third-order valence-electron chi connectivity index (χ3n) is 5.65. The Kier molecular flexibility index (Phi) is 6.05. The SMILES string of the molecule is CCc1ccc(-c2noc(CSc3nc4ccccc4c(=O)n3C[C@H]3CCCO3)n2)cc1. The maximum absolute atomic E-state index is 13.2. The molecule has 5 rings (SSSR count). The Hall–Kier alpha value is -2.97. The van der Waals surface area contributed by atoms with Crippen LogP contribution in [0, 0.1) is 0 Å². The zero-order valence-corrected chi connectivity index (χ0v) is 18.7. The fraction of sp³-hybridized carbons (Fsp3) is 0.333. The first-order valence-corrected chi connectivity index (χ1v) is 11.9. The summed E-state index contributed by atoms with van der Waals surface area (Å²) < 4.78 is 13.0. The van der Waals surface area contributed by atoms with Crippen molar-refractivity contribution >= 4 is 22.7 Å². The van der Waals surface area contributed by atoms with Crippen molar-refractivity contribution in [3.63, 3.8) is 0 Å².